The predicted octanol–water partition coefficient (Wildman–Crippen LogP) is 3.48. The van der Waals surface area contributed by atoms with Crippen LogP contribution in [-0.2, 0) is 6.42 Å². The van der Waals surface area contributed by atoms with Gasteiger partial charge in [0.05, 0.1) is 11.3 Å². The minimum Gasteiger partial charge on any atom is -0.338 e. The van der Waals surface area contributed by atoms with Crippen LogP contribution in [0.25, 0.3) is 5.95 Å². The summed E-state index contributed by atoms with van der Waals surface area (Å²) in [5, 5.41) is 7.97. The summed E-state index contributed by atoms with van der Waals surface area (Å²) >= 11 is 0. The van der Waals surface area contributed by atoms with Crippen molar-refractivity contribution in [3.8, 4) is 5.95 Å². The van der Waals surface area contributed by atoms with Crippen LogP contribution in [0.3, 0.4) is 0 Å². The molecule has 6 nitrogen and oxygen atoms in total. The summed E-state index contributed by atoms with van der Waals surface area (Å²) in [7, 11) is 0. The van der Waals surface area contributed by atoms with Crippen molar-refractivity contribution < 1.29 is 4.79 Å². The van der Waals surface area contributed by atoms with E-state index in [1.165, 1.54) is 0 Å². The first-order valence-corrected chi connectivity index (χ1v) is 8.38. The number of aromatic nitrogens is 4. The second-order valence-electron chi connectivity index (χ2n) is 6.51. The number of para-hydroxylation sites is 1. The first-order chi connectivity index (χ1) is 12.1. The number of nitrogens with zero attached hydrogens (tertiary/aromatic N) is 4. The molecule has 1 aromatic carbocycles. The standard InChI is InChI=1S/C19H19N5O/c1-12-10-15-17(16(25)11-12)18(22-14-7-4-3-6-13(14)2)23-24(15)19-20-8-5-9-21-19/h3-9,12H,10-11H2,1-2H3,(H,22,23). The minimum absolute atomic E-state index is 0.118. The molecule has 4 rings (SSSR count). The van der Waals surface area contributed by atoms with Crippen LogP contribution in [0.2, 0.25) is 0 Å². The fraction of sp³-hybridized carbons (Fsp3) is 0.263. The van der Waals surface area contributed by atoms with E-state index in [-0.39, 0.29) is 11.7 Å². The number of hydrogen-bond acceptors (Lipinski definition) is 5. The summed E-state index contributed by atoms with van der Waals surface area (Å²) in [5.41, 5.74) is 3.58. The Labute approximate surface area is 145 Å². The lowest BCUT2D eigenvalue weighted by molar-refractivity contribution is 0.0953. The number of nitrogens with one attached hydrogen (secondary N) is 1. The number of hydrogen-bond donors (Lipinski definition) is 1. The van der Waals surface area contributed by atoms with Gasteiger partial charge in [-0.05, 0) is 37.0 Å². The van der Waals surface area contributed by atoms with Crippen molar-refractivity contribution in [1.82, 2.24) is 19.7 Å². The molecule has 2 heterocycles. The highest BCUT2D eigenvalue weighted by Gasteiger charge is 2.31. The Kier molecular flexibility index (Phi) is 3.80. The predicted molar refractivity (Wildman–Crippen MR) is 95.4 cm³/mol. The van der Waals surface area contributed by atoms with Crippen molar-refractivity contribution in [2.45, 2.75) is 26.7 Å². The maximum atomic E-state index is 12.7. The van der Waals surface area contributed by atoms with E-state index in [0.29, 0.717) is 23.8 Å². The van der Waals surface area contributed by atoms with Crippen LogP contribution < -0.4 is 5.32 Å². The zero-order chi connectivity index (χ0) is 17.4. The van der Waals surface area contributed by atoms with E-state index in [1.807, 2.05) is 31.2 Å². The number of ketones is 1. The van der Waals surface area contributed by atoms with Crippen LogP contribution in [0.5, 0.6) is 0 Å². The highest BCUT2D eigenvalue weighted by Crippen LogP contribution is 2.33. The number of aryl methyl sites for hydroxylation is 1. The van der Waals surface area contributed by atoms with Gasteiger partial charge in [-0.1, -0.05) is 25.1 Å². The molecule has 1 unspecified atom stereocenters. The fourth-order valence-corrected chi connectivity index (χ4v) is 3.25. The summed E-state index contributed by atoms with van der Waals surface area (Å²) < 4.78 is 1.70. The molecular formula is C19H19N5O. The molecule has 0 bridgehead atoms. The van der Waals surface area contributed by atoms with E-state index in [2.05, 4.69) is 27.3 Å². The molecular weight excluding hydrogens is 314 g/mol. The number of carbonyl (C=O) groups excluding carboxylic acids is 1. The zero-order valence-electron chi connectivity index (χ0n) is 14.2. The zero-order valence-corrected chi connectivity index (χ0v) is 14.2. The normalized spacial score (nSPS) is 16.6. The van der Waals surface area contributed by atoms with Gasteiger partial charge in [0.15, 0.2) is 11.6 Å². The number of benzene rings is 1. The summed E-state index contributed by atoms with van der Waals surface area (Å²) in [4.78, 5) is 21.3. The first kappa shape index (κ1) is 15.5. The smallest absolute Gasteiger partial charge is 0.250 e. The van der Waals surface area contributed by atoms with Gasteiger partial charge in [-0.15, -0.1) is 5.10 Å². The monoisotopic (exact) mass is 333 g/mol. The van der Waals surface area contributed by atoms with Crippen molar-refractivity contribution in [1.29, 1.82) is 0 Å². The summed E-state index contributed by atoms with van der Waals surface area (Å²) in [6, 6.07) is 9.72. The molecule has 0 radical (unpaired) electrons. The maximum Gasteiger partial charge on any atom is 0.250 e. The lowest BCUT2D eigenvalue weighted by Gasteiger charge is -2.18. The molecule has 6 heteroatoms. The van der Waals surface area contributed by atoms with E-state index >= 15 is 0 Å². The van der Waals surface area contributed by atoms with Crippen LogP contribution in [-0.4, -0.2) is 25.5 Å². The molecule has 0 amide bonds. The average Bonchev–Trinajstić information content (AvgIpc) is 2.96. The molecule has 0 fully saturated rings. The summed E-state index contributed by atoms with van der Waals surface area (Å²) in [5.74, 6) is 1.46. The van der Waals surface area contributed by atoms with Crippen molar-refractivity contribution in [3.63, 3.8) is 0 Å². The molecule has 0 saturated heterocycles. The van der Waals surface area contributed by atoms with Crippen LogP contribution in [0.4, 0.5) is 11.5 Å². The Hall–Kier alpha value is -3.02. The van der Waals surface area contributed by atoms with E-state index < -0.39 is 0 Å². The minimum atomic E-state index is 0.118. The first-order valence-electron chi connectivity index (χ1n) is 8.38. The number of carbonyl (C=O) groups is 1. The van der Waals surface area contributed by atoms with Crippen molar-refractivity contribution >= 4 is 17.3 Å². The molecule has 1 aliphatic carbocycles. The van der Waals surface area contributed by atoms with E-state index in [4.69, 9.17) is 0 Å². The third-order valence-corrected chi connectivity index (χ3v) is 4.48. The Bertz CT molecular complexity index is 932. The van der Waals surface area contributed by atoms with E-state index in [1.54, 1.807) is 23.1 Å². The fourth-order valence-electron chi connectivity index (χ4n) is 3.25. The van der Waals surface area contributed by atoms with Gasteiger partial charge in [-0.25, -0.2) is 14.6 Å². The highest BCUT2D eigenvalue weighted by atomic mass is 16.1. The quantitative estimate of drug-likeness (QED) is 0.794. The van der Waals surface area contributed by atoms with Gasteiger partial charge >= 0.3 is 0 Å². The van der Waals surface area contributed by atoms with Gasteiger partial charge in [-0.2, -0.15) is 0 Å². The maximum absolute atomic E-state index is 12.7. The van der Waals surface area contributed by atoms with Crippen LogP contribution in [0.1, 0.15) is 35.0 Å². The molecule has 126 valence electrons. The van der Waals surface area contributed by atoms with Gasteiger partial charge in [0.2, 0.25) is 0 Å². The molecule has 2 aromatic heterocycles. The summed E-state index contributed by atoms with van der Waals surface area (Å²) in [6.45, 7) is 4.11. The molecule has 1 aliphatic rings. The van der Waals surface area contributed by atoms with Crippen molar-refractivity contribution in [3.05, 3.63) is 59.5 Å². The van der Waals surface area contributed by atoms with Gasteiger partial charge < -0.3 is 5.32 Å². The molecule has 1 N–H and O–H groups in total. The van der Waals surface area contributed by atoms with E-state index in [9.17, 15) is 4.79 Å². The lowest BCUT2D eigenvalue weighted by Crippen LogP contribution is -2.20. The Morgan fingerprint density at radius 3 is 2.64 bits per heavy atom. The number of Topliss-reactive ketones (excluding diaryl/α,β-unsaturated/α-hetero) is 1. The van der Waals surface area contributed by atoms with Gasteiger partial charge in [0.25, 0.3) is 5.95 Å². The molecule has 3 aromatic rings. The van der Waals surface area contributed by atoms with Crippen LogP contribution >= 0.6 is 0 Å². The topological polar surface area (TPSA) is 72.7 Å². The Balaban J connectivity index is 1.85. The molecule has 0 saturated carbocycles. The SMILES string of the molecule is Cc1ccccc1Nc1nn(-c2ncccn2)c2c1C(=O)CC(C)C2. The molecule has 0 spiro atoms. The highest BCUT2D eigenvalue weighted by molar-refractivity contribution is 6.03. The second kappa shape index (κ2) is 6.12. The summed E-state index contributed by atoms with van der Waals surface area (Å²) in [6.07, 6.45) is 4.68. The molecule has 1 atom stereocenters. The third-order valence-electron chi connectivity index (χ3n) is 4.48. The largest absolute Gasteiger partial charge is 0.338 e. The Morgan fingerprint density at radius 1 is 1.12 bits per heavy atom. The number of rotatable bonds is 3. The van der Waals surface area contributed by atoms with Gasteiger partial charge in [-0.3, -0.25) is 4.79 Å². The lowest BCUT2D eigenvalue weighted by atomic mass is 9.88. The third kappa shape index (κ3) is 2.80. The van der Waals surface area contributed by atoms with Crippen LogP contribution in [0, 0.1) is 12.8 Å². The average molecular weight is 333 g/mol. The number of fused-ring (bicyclic) bond motifs is 1. The van der Waals surface area contributed by atoms with Gasteiger partial charge in [0.1, 0.15) is 0 Å². The number of anilines is 2. The van der Waals surface area contributed by atoms with Gasteiger partial charge in [0, 0.05) is 24.5 Å². The molecule has 25 heavy (non-hydrogen) atoms. The Morgan fingerprint density at radius 2 is 1.88 bits per heavy atom. The molecule has 0 aliphatic heterocycles. The van der Waals surface area contributed by atoms with Crippen molar-refractivity contribution in [2.24, 2.45) is 5.92 Å². The second-order valence-corrected chi connectivity index (χ2v) is 6.51. The van der Waals surface area contributed by atoms with Crippen molar-refractivity contribution in [2.75, 3.05) is 5.32 Å². The van der Waals surface area contributed by atoms with Crippen LogP contribution in [0.15, 0.2) is 42.7 Å². The van der Waals surface area contributed by atoms with E-state index in [0.717, 1.165) is 23.4 Å².